The monoisotopic (exact) mass is 566 g/mol. The van der Waals surface area contributed by atoms with Crippen molar-refractivity contribution in [2.75, 3.05) is 17.1 Å². The van der Waals surface area contributed by atoms with E-state index in [1.54, 1.807) is 0 Å². The normalized spacial score (nSPS) is 12.0. The minimum Gasteiger partial charge on any atom is -0.352 e. The Labute approximate surface area is 234 Å². The Bertz CT molecular complexity index is 1460. The molecule has 0 heterocycles. The highest BCUT2D eigenvalue weighted by Gasteiger charge is 2.33. The number of nitro groups is 1. The van der Waals surface area contributed by atoms with Crippen molar-refractivity contribution in [3.8, 4) is 0 Å². The molecule has 3 aromatic rings. The lowest BCUT2D eigenvalue weighted by atomic mass is 10.0. The first kappa shape index (κ1) is 30.3. The first-order valence-corrected chi connectivity index (χ1v) is 14.6. The Morgan fingerprint density at radius 1 is 0.975 bits per heavy atom. The number of nitrogens with one attached hydrogen (secondary N) is 1. The minimum atomic E-state index is -4.03. The number of amides is 2. The maximum absolute atomic E-state index is 14.0. The van der Waals surface area contributed by atoms with Gasteiger partial charge in [0.15, 0.2) is 0 Å². The van der Waals surface area contributed by atoms with Crippen molar-refractivity contribution >= 4 is 33.2 Å². The molecule has 0 aliphatic heterocycles. The number of nitrogens with zero attached hydrogens (tertiary/aromatic N) is 3. The van der Waals surface area contributed by atoms with Crippen LogP contribution in [-0.4, -0.2) is 54.9 Å². The van der Waals surface area contributed by atoms with Crippen LogP contribution < -0.4 is 9.62 Å². The molecule has 3 aromatic carbocycles. The first-order valence-electron chi connectivity index (χ1n) is 12.8. The van der Waals surface area contributed by atoms with Crippen LogP contribution in [0.4, 0.5) is 11.4 Å². The summed E-state index contributed by atoms with van der Waals surface area (Å²) in [5, 5.41) is 14.2. The van der Waals surface area contributed by atoms with E-state index in [-0.39, 0.29) is 36.3 Å². The van der Waals surface area contributed by atoms with E-state index in [9.17, 15) is 28.1 Å². The number of anilines is 1. The van der Waals surface area contributed by atoms with Gasteiger partial charge in [0.05, 0.1) is 16.9 Å². The van der Waals surface area contributed by atoms with Gasteiger partial charge >= 0.3 is 0 Å². The molecule has 1 unspecified atom stereocenters. The lowest BCUT2D eigenvalue weighted by Gasteiger charge is -2.34. The number of carbonyl (C=O) groups excluding carboxylic acids is 2. The zero-order valence-corrected chi connectivity index (χ0v) is 23.8. The number of rotatable bonds is 12. The molecule has 0 bridgehead atoms. The van der Waals surface area contributed by atoms with Crippen LogP contribution in [0.1, 0.15) is 30.5 Å². The SMILES string of the molecule is Cc1ccccc1CN(C(=O)CN(c1cccc([N+](=O)[O-])c1)S(C)(=O)=O)C(Cc1ccccc1)C(=O)NC(C)C. The highest BCUT2D eigenvalue weighted by atomic mass is 32.2. The number of benzene rings is 3. The summed E-state index contributed by atoms with van der Waals surface area (Å²) >= 11 is 0. The Morgan fingerprint density at radius 3 is 2.23 bits per heavy atom. The van der Waals surface area contributed by atoms with Crippen molar-refractivity contribution in [2.45, 2.75) is 45.8 Å². The molecule has 0 radical (unpaired) electrons. The zero-order valence-electron chi connectivity index (χ0n) is 23.0. The molecular weight excluding hydrogens is 532 g/mol. The van der Waals surface area contributed by atoms with E-state index in [1.807, 2.05) is 75.4 Å². The van der Waals surface area contributed by atoms with E-state index < -0.39 is 33.4 Å². The van der Waals surface area contributed by atoms with Crippen LogP contribution in [-0.2, 0) is 32.6 Å². The molecule has 1 atom stereocenters. The van der Waals surface area contributed by atoms with E-state index in [4.69, 9.17) is 0 Å². The summed E-state index contributed by atoms with van der Waals surface area (Å²) in [5.74, 6) is -0.998. The van der Waals surface area contributed by atoms with E-state index >= 15 is 0 Å². The molecule has 1 N–H and O–H groups in total. The predicted molar refractivity (Wildman–Crippen MR) is 154 cm³/mol. The maximum atomic E-state index is 14.0. The fourth-order valence-corrected chi connectivity index (χ4v) is 5.12. The number of hydrogen-bond acceptors (Lipinski definition) is 6. The molecule has 0 saturated heterocycles. The molecule has 0 aliphatic rings. The highest BCUT2D eigenvalue weighted by molar-refractivity contribution is 7.92. The van der Waals surface area contributed by atoms with Crippen LogP contribution in [0.5, 0.6) is 0 Å². The molecule has 11 heteroatoms. The third-order valence-electron chi connectivity index (χ3n) is 6.31. The third-order valence-corrected chi connectivity index (χ3v) is 7.45. The summed E-state index contributed by atoms with van der Waals surface area (Å²) in [6.07, 6.45) is 1.13. The topological polar surface area (TPSA) is 130 Å². The number of non-ortho nitro benzene ring substituents is 1. The molecule has 3 rings (SSSR count). The van der Waals surface area contributed by atoms with Crippen LogP contribution in [0.15, 0.2) is 78.9 Å². The van der Waals surface area contributed by atoms with Crippen molar-refractivity contribution in [2.24, 2.45) is 0 Å². The summed E-state index contributed by atoms with van der Waals surface area (Å²) in [7, 11) is -4.03. The standard InChI is InChI=1S/C29H34N4O6S/c1-21(2)30-29(35)27(17-23-12-6-5-7-13-23)31(19-24-14-9-8-11-22(24)3)28(34)20-32(40(4,38)39)25-15-10-16-26(18-25)33(36)37/h5-16,18,21,27H,17,19-20H2,1-4H3,(H,30,35). The number of carbonyl (C=O) groups is 2. The molecule has 212 valence electrons. The van der Waals surface area contributed by atoms with Crippen LogP contribution in [0, 0.1) is 17.0 Å². The minimum absolute atomic E-state index is 0.0212. The summed E-state index contributed by atoms with van der Waals surface area (Å²) in [6.45, 7) is 4.94. The predicted octanol–water partition coefficient (Wildman–Crippen LogP) is 3.83. The summed E-state index contributed by atoms with van der Waals surface area (Å²) in [5.41, 5.74) is 2.20. The van der Waals surface area contributed by atoms with Gasteiger partial charge in [0, 0.05) is 31.1 Å². The van der Waals surface area contributed by atoms with Gasteiger partial charge in [-0.1, -0.05) is 60.7 Å². The van der Waals surface area contributed by atoms with Crippen LogP contribution in [0.2, 0.25) is 0 Å². The Hall–Kier alpha value is -4.25. The maximum Gasteiger partial charge on any atom is 0.271 e. The molecule has 0 aliphatic carbocycles. The molecule has 0 saturated carbocycles. The van der Waals surface area contributed by atoms with Crippen molar-refractivity contribution < 1.29 is 22.9 Å². The van der Waals surface area contributed by atoms with Gasteiger partial charge in [-0.2, -0.15) is 0 Å². The van der Waals surface area contributed by atoms with Crippen molar-refractivity contribution in [3.63, 3.8) is 0 Å². The smallest absolute Gasteiger partial charge is 0.271 e. The fourth-order valence-electron chi connectivity index (χ4n) is 4.28. The van der Waals surface area contributed by atoms with Gasteiger partial charge in [-0.25, -0.2) is 8.42 Å². The zero-order chi connectivity index (χ0) is 29.4. The number of sulfonamides is 1. The highest BCUT2D eigenvalue weighted by Crippen LogP contribution is 2.24. The lowest BCUT2D eigenvalue weighted by Crippen LogP contribution is -2.54. The van der Waals surface area contributed by atoms with Gasteiger partial charge in [0.25, 0.3) is 5.69 Å². The molecule has 0 aromatic heterocycles. The van der Waals surface area contributed by atoms with Crippen molar-refractivity contribution in [1.29, 1.82) is 0 Å². The first-order chi connectivity index (χ1) is 18.9. The average Bonchev–Trinajstić information content (AvgIpc) is 2.89. The third kappa shape index (κ3) is 8.12. The Balaban J connectivity index is 2.08. The average molecular weight is 567 g/mol. The van der Waals surface area contributed by atoms with Crippen LogP contribution >= 0.6 is 0 Å². The van der Waals surface area contributed by atoms with Crippen LogP contribution in [0.25, 0.3) is 0 Å². The summed E-state index contributed by atoms with van der Waals surface area (Å²) in [6, 6.07) is 20.6. The molecule has 40 heavy (non-hydrogen) atoms. The molecule has 10 nitrogen and oxygen atoms in total. The number of nitro benzene ring substituents is 1. The second-order valence-corrected chi connectivity index (χ2v) is 11.8. The second-order valence-electron chi connectivity index (χ2n) is 9.86. The van der Waals surface area contributed by atoms with E-state index in [1.165, 1.54) is 23.1 Å². The Kier molecular flexibility index (Phi) is 10.0. The van der Waals surface area contributed by atoms with E-state index in [2.05, 4.69) is 5.32 Å². The Morgan fingerprint density at radius 2 is 1.62 bits per heavy atom. The van der Waals surface area contributed by atoms with Gasteiger partial charge in [-0.05, 0) is 43.5 Å². The molecule has 0 spiro atoms. The molecular formula is C29H34N4O6S. The molecule has 0 fully saturated rings. The largest absolute Gasteiger partial charge is 0.352 e. The van der Waals surface area contributed by atoms with Gasteiger partial charge in [-0.3, -0.25) is 24.0 Å². The van der Waals surface area contributed by atoms with Gasteiger partial charge in [-0.15, -0.1) is 0 Å². The van der Waals surface area contributed by atoms with Gasteiger partial charge in [0.1, 0.15) is 12.6 Å². The van der Waals surface area contributed by atoms with Crippen molar-refractivity contribution in [3.05, 3.63) is 106 Å². The lowest BCUT2D eigenvalue weighted by molar-refractivity contribution is -0.384. The quantitative estimate of drug-likeness (QED) is 0.262. The fraction of sp³-hybridized carbons (Fsp3) is 0.310. The van der Waals surface area contributed by atoms with E-state index in [0.29, 0.717) is 0 Å². The number of hydrogen-bond donors (Lipinski definition) is 1. The summed E-state index contributed by atoms with van der Waals surface area (Å²) in [4.78, 5) is 39.7. The van der Waals surface area contributed by atoms with Crippen molar-refractivity contribution in [1.82, 2.24) is 10.2 Å². The second kappa shape index (κ2) is 13.2. The summed E-state index contributed by atoms with van der Waals surface area (Å²) < 4.78 is 26.5. The van der Waals surface area contributed by atoms with Gasteiger partial charge in [0.2, 0.25) is 21.8 Å². The van der Waals surface area contributed by atoms with Gasteiger partial charge < -0.3 is 10.2 Å². The molecule has 2 amide bonds. The van der Waals surface area contributed by atoms with E-state index in [0.717, 1.165) is 33.3 Å². The van der Waals surface area contributed by atoms with Crippen LogP contribution in [0.3, 0.4) is 0 Å². The number of aryl methyl sites for hydroxylation is 1.